The van der Waals surface area contributed by atoms with Crippen molar-refractivity contribution in [3.63, 3.8) is 0 Å². The van der Waals surface area contributed by atoms with Gasteiger partial charge in [-0.1, -0.05) is 33.8 Å². The molecule has 0 fully saturated rings. The summed E-state index contributed by atoms with van der Waals surface area (Å²) in [5.74, 6) is 2.07. The van der Waals surface area contributed by atoms with Crippen molar-refractivity contribution < 1.29 is 24.1 Å². The fourth-order valence-corrected chi connectivity index (χ4v) is 11.7. The van der Waals surface area contributed by atoms with Crippen molar-refractivity contribution in [3.8, 4) is 50.9 Å². The second kappa shape index (κ2) is 16.8. The number of fused-ring (bicyclic) bond motifs is 5. The quantitative estimate of drug-likeness (QED) is 0.149. The van der Waals surface area contributed by atoms with Crippen LogP contribution in [0, 0.1) is 15.9 Å². The van der Waals surface area contributed by atoms with E-state index in [1.807, 2.05) is 24.4 Å². The molecule has 1 aliphatic carbocycles. The van der Waals surface area contributed by atoms with Gasteiger partial charge in [-0.15, -0.1) is 0 Å². The summed E-state index contributed by atoms with van der Waals surface area (Å²) in [5, 5.41) is 2.33. The van der Waals surface area contributed by atoms with Gasteiger partial charge in [-0.05, 0) is 40.9 Å². The zero-order chi connectivity index (χ0) is 48.9. The van der Waals surface area contributed by atoms with E-state index in [1.165, 1.54) is 38.8 Å². The second-order valence-electron chi connectivity index (χ2n) is 22.6. The maximum absolute atomic E-state index is 6.81. The Labute approximate surface area is 423 Å². The average molecular weight is 1100 g/mol. The molecular formula is C64H60N4OPt-2. The van der Waals surface area contributed by atoms with Gasteiger partial charge in [-0.3, -0.25) is 0 Å². The van der Waals surface area contributed by atoms with Gasteiger partial charge < -0.3 is 0 Å². The summed E-state index contributed by atoms with van der Waals surface area (Å²) in [6.07, 6.45) is 4.16. The molecule has 10 aromatic rings. The first-order chi connectivity index (χ1) is 33.4. The van der Waals surface area contributed by atoms with E-state index in [0.717, 1.165) is 72.4 Å². The molecule has 0 radical (unpaired) electrons. The molecule has 5 nitrogen and oxygen atoms in total. The number of pyridine rings is 1. The van der Waals surface area contributed by atoms with Gasteiger partial charge >= 0.3 is 346 Å². The molecule has 3 heterocycles. The number of ether oxygens (including phenoxy) is 1. The summed E-state index contributed by atoms with van der Waals surface area (Å²) in [6, 6.07) is 62.3. The molecule has 0 amide bonds. The fraction of sp³-hybridized carbons (Fsp3) is 0.250. The Balaban J connectivity index is 1.07. The van der Waals surface area contributed by atoms with Gasteiger partial charge in [0.1, 0.15) is 0 Å². The van der Waals surface area contributed by atoms with E-state index in [1.54, 1.807) is 0 Å². The first-order valence-corrected chi connectivity index (χ1v) is 25.7. The van der Waals surface area contributed by atoms with Gasteiger partial charge in [0.05, 0.1) is 0 Å². The molecule has 3 aromatic heterocycles. The van der Waals surface area contributed by atoms with Gasteiger partial charge in [0.2, 0.25) is 0 Å². The summed E-state index contributed by atoms with van der Waals surface area (Å²) in [6.45, 7) is 23.4. The number of para-hydroxylation sites is 3. The molecule has 0 unspecified atom stereocenters. The van der Waals surface area contributed by atoms with Crippen molar-refractivity contribution in [2.45, 2.75) is 104 Å². The van der Waals surface area contributed by atoms with Crippen LogP contribution < -0.4 is 4.74 Å². The number of hydrogen-bond donors (Lipinski definition) is 0. The third-order valence-electron chi connectivity index (χ3n) is 14.7. The molecule has 0 saturated heterocycles. The van der Waals surface area contributed by atoms with Crippen molar-refractivity contribution in [2.24, 2.45) is 0 Å². The van der Waals surface area contributed by atoms with Crippen LogP contribution >= 0.6 is 0 Å². The van der Waals surface area contributed by atoms with E-state index in [2.05, 4.69) is 248 Å². The monoisotopic (exact) mass is 1100 g/mol. The van der Waals surface area contributed by atoms with E-state index in [-0.39, 0.29) is 21.7 Å². The molecule has 0 N–H and O–H groups in total. The zero-order valence-electron chi connectivity index (χ0n) is 41.9. The van der Waals surface area contributed by atoms with E-state index in [4.69, 9.17) is 9.72 Å². The van der Waals surface area contributed by atoms with Crippen molar-refractivity contribution in [2.75, 3.05) is 0 Å². The SMILES string of the molecule is CC(C)(C)c1cc(-c2cccc(-c3ccccc3)c2-n2[c](=[Pt])n(-c3[c-]c(Oc4[c-]c5c(cc4)c4cc6c(cc4n5-c4ccccn4)C(C)(C)CCC6(C)C)ccc3)c3ccccc32)cc(C(C)(C)C)c1. The normalized spacial score (nSPS) is 14.6. The Morgan fingerprint density at radius 1 is 0.529 bits per heavy atom. The minimum atomic E-state index is -0.0384. The van der Waals surface area contributed by atoms with Crippen molar-refractivity contribution in [1.29, 1.82) is 0 Å². The summed E-state index contributed by atoms with van der Waals surface area (Å²) in [7, 11) is 0. The Morgan fingerprint density at radius 2 is 1.13 bits per heavy atom. The molecule has 0 saturated carbocycles. The molecule has 0 bridgehead atoms. The molecular weight excluding hydrogens is 1040 g/mol. The number of hydrogen-bond acceptors (Lipinski definition) is 2. The molecule has 0 atom stereocenters. The van der Waals surface area contributed by atoms with E-state index >= 15 is 0 Å². The third-order valence-corrected chi connectivity index (χ3v) is 15.8. The number of benzene rings is 7. The number of rotatable bonds is 7. The summed E-state index contributed by atoms with van der Waals surface area (Å²) in [5.41, 5.74) is 16.5. The molecule has 70 heavy (non-hydrogen) atoms. The predicted molar refractivity (Wildman–Crippen MR) is 286 cm³/mol. The summed E-state index contributed by atoms with van der Waals surface area (Å²) in [4.78, 5) is 4.88. The van der Waals surface area contributed by atoms with Crippen molar-refractivity contribution in [3.05, 3.63) is 196 Å². The van der Waals surface area contributed by atoms with Crippen LogP contribution in [0.2, 0.25) is 0 Å². The van der Waals surface area contributed by atoms with Crippen LogP contribution in [0.15, 0.2) is 158 Å². The van der Waals surface area contributed by atoms with Crippen molar-refractivity contribution in [1.82, 2.24) is 18.7 Å². The number of aromatic nitrogens is 4. The molecule has 11 rings (SSSR count). The third kappa shape index (κ3) is 7.91. The van der Waals surface area contributed by atoms with Gasteiger partial charge in [0, 0.05) is 6.20 Å². The number of imidazole rings is 1. The molecule has 0 spiro atoms. The van der Waals surface area contributed by atoms with Crippen LogP contribution in [0.25, 0.3) is 72.3 Å². The maximum atomic E-state index is 6.81. The molecule has 354 valence electrons. The first kappa shape index (κ1) is 45.9. The zero-order valence-corrected chi connectivity index (χ0v) is 44.2. The topological polar surface area (TPSA) is 36.9 Å². The van der Waals surface area contributed by atoms with Crippen LogP contribution in [0.4, 0.5) is 0 Å². The van der Waals surface area contributed by atoms with Gasteiger partial charge in [0.25, 0.3) is 0 Å². The summed E-state index contributed by atoms with van der Waals surface area (Å²) >= 11 is 2.52. The average Bonchev–Trinajstić information content (AvgIpc) is 3.82. The van der Waals surface area contributed by atoms with Crippen LogP contribution in [-0.4, -0.2) is 18.7 Å². The Morgan fingerprint density at radius 3 is 1.79 bits per heavy atom. The predicted octanol–water partition coefficient (Wildman–Crippen LogP) is 16.7. The van der Waals surface area contributed by atoms with Gasteiger partial charge in [-0.25, -0.2) is 0 Å². The number of nitrogens with zero attached hydrogens (tertiary/aromatic N) is 4. The summed E-state index contributed by atoms with van der Waals surface area (Å²) < 4.78 is 14.8. The van der Waals surface area contributed by atoms with Crippen LogP contribution in [-0.2, 0) is 41.0 Å². The van der Waals surface area contributed by atoms with E-state index in [0.29, 0.717) is 11.5 Å². The van der Waals surface area contributed by atoms with Gasteiger partial charge in [0.15, 0.2) is 0 Å². The van der Waals surface area contributed by atoms with Crippen molar-refractivity contribution >= 4 is 32.8 Å². The Hall–Kier alpha value is -6.55. The minimum absolute atomic E-state index is 0.0384. The fourth-order valence-electron chi connectivity index (χ4n) is 10.6. The van der Waals surface area contributed by atoms with E-state index in [9.17, 15) is 0 Å². The van der Waals surface area contributed by atoms with Crippen LogP contribution in [0.1, 0.15) is 104 Å². The molecule has 0 aliphatic heterocycles. The first-order valence-electron chi connectivity index (χ1n) is 24.6. The van der Waals surface area contributed by atoms with Crippen LogP contribution in [0.5, 0.6) is 11.5 Å². The standard InChI is InChI=1S/C64H60N4O.Pt/c1-61(2,3)44-34-43(35-45(36-44)62(4,5)6)50-25-19-24-49(42-20-12-11-13-21-42)60(50)67-41-66(55-26-14-15-27-56(55)67)46-22-18-23-47(37-46)69-48-29-30-51-52-39-53-54(64(9,10)32-31-63(53,7)8)40-58(52)68(57(51)38-48)59-28-16-17-33-65-59;/h11-30,33-36,39-40H,31-32H2,1-10H3;/q-2;. The van der Waals surface area contributed by atoms with Gasteiger partial charge in [-0.2, -0.15) is 0 Å². The molecule has 1 aliphatic rings. The molecule has 7 aromatic carbocycles. The second-order valence-corrected chi connectivity index (χ2v) is 23.6. The Kier molecular flexibility index (Phi) is 11.0. The Bertz CT molecular complexity index is 3690. The molecule has 6 heteroatoms. The van der Waals surface area contributed by atoms with E-state index < -0.39 is 0 Å². The van der Waals surface area contributed by atoms with Crippen LogP contribution in [0.3, 0.4) is 0 Å².